The van der Waals surface area contributed by atoms with Crippen LogP contribution in [0.1, 0.15) is 6.92 Å². The minimum Gasteiger partial charge on any atom is -0.378 e. The predicted octanol–water partition coefficient (Wildman–Crippen LogP) is 1.54. The first-order valence-corrected chi connectivity index (χ1v) is 5.77. The lowest BCUT2D eigenvalue weighted by atomic mass is 10.4. The van der Waals surface area contributed by atoms with Crippen LogP contribution in [0.15, 0.2) is 12.1 Å². The fourth-order valence-electron chi connectivity index (χ4n) is 1.52. The first-order chi connectivity index (χ1) is 7.25. The van der Waals surface area contributed by atoms with Crippen LogP contribution in [0.3, 0.4) is 0 Å². The first kappa shape index (κ1) is 10.4. The number of nitrogens with zero attached hydrogens (tertiary/aromatic N) is 1. The van der Waals surface area contributed by atoms with Crippen LogP contribution >= 0.6 is 11.3 Å². The van der Waals surface area contributed by atoms with Crippen LogP contribution in [0.4, 0.5) is 10.0 Å². The maximum Gasteiger partial charge on any atom is 0.221 e. The number of carbonyl (C=O) groups is 1. The molecule has 4 nitrogen and oxygen atoms in total. The Labute approximate surface area is 92.8 Å². The maximum absolute atomic E-state index is 10.9. The molecule has 1 aromatic rings. The minimum atomic E-state index is -0.0228. The Morgan fingerprint density at radius 1 is 1.47 bits per heavy atom. The molecule has 0 aromatic carbocycles. The number of nitrogens with one attached hydrogen (secondary N) is 1. The fourth-order valence-corrected chi connectivity index (χ4v) is 2.53. The molecule has 82 valence electrons. The van der Waals surface area contributed by atoms with Gasteiger partial charge in [0.05, 0.1) is 23.2 Å². The van der Waals surface area contributed by atoms with Gasteiger partial charge in [-0.15, -0.1) is 11.3 Å². The summed E-state index contributed by atoms with van der Waals surface area (Å²) in [6.07, 6.45) is 0. The number of thiophene rings is 1. The van der Waals surface area contributed by atoms with Crippen molar-refractivity contribution in [2.24, 2.45) is 0 Å². The van der Waals surface area contributed by atoms with Crippen LogP contribution in [-0.4, -0.2) is 32.2 Å². The maximum atomic E-state index is 10.9. The molecule has 15 heavy (non-hydrogen) atoms. The zero-order chi connectivity index (χ0) is 10.7. The third-order valence-corrected chi connectivity index (χ3v) is 3.28. The first-order valence-electron chi connectivity index (χ1n) is 4.96. The highest BCUT2D eigenvalue weighted by Crippen LogP contribution is 2.30. The zero-order valence-corrected chi connectivity index (χ0v) is 9.47. The van der Waals surface area contributed by atoms with Gasteiger partial charge in [-0.25, -0.2) is 0 Å². The predicted molar refractivity (Wildman–Crippen MR) is 61.7 cm³/mol. The Morgan fingerprint density at radius 3 is 2.87 bits per heavy atom. The minimum absolute atomic E-state index is 0.0228. The van der Waals surface area contributed by atoms with Gasteiger partial charge in [0, 0.05) is 20.0 Å². The molecule has 1 amide bonds. The highest BCUT2D eigenvalue weighted by molar-refractivity contribution is 7.20. The third-order valence-electron chi connectivity index (χ3n) is 2.21. The van der Waals surface area contributed by atoms with E-state index in [2.05, 4.69) is 10.2 Å². The van der Waals surface area contributed by atoms with Gasteiger partial charge in [0.15, 0.2) is 0 Å². The number of rotatable bonds is 2. The van der Waals surface area contributed by atoms with E-state index in [1.165, 1.54) is 11.9 Å². The number of amides is 1. The summed E-state index contributed by atoms with van der Waals surface area (Å²) in [6.45, 7) is 4.95. The van der Waals surface area contributed by atoms with Crippen LogP contribution in [0.5, 0.6) is 0 Å². The van der Waals surface area contributed by atoms with E-state index in [4.69, 9.17) is 4.74 Å². The van der Waals surface area contributed by atoms with Gasteiger partial charge in [0.2, 0.25) is 5.91 Å². The lowest BCUT2D eigenvalue weighted by Crippen LogP contribution is -2.35. The van der Waals surface area contributed by atoms with Gasteiger partial charge in [-0.2, -0.15) is 0 Å². The van der Waals surface area contributed by atoms with E-state index in [0.29, 0.717) is 0 Å². The Balaban J connectivity index is 2.02. The van der Waals surface area contributed by atoms with Crippen molar-refractivity contribution in [1.82, 2.24) is 0 Å². The summed E-state index contributed by atoms with van der Waals surface area (Å²) in [5.74, 6) is -0.0228. The van der Waals surface area contributed by atoms with E-state index in [1.807, 2.05) is 12.1 Å². The molecule has 0 spiro atoms. The number of carbonyl (C=O) groups excluding carboxylic acids is 1. The van der Waals surface area contributed by atoms with Gasteiger partial charge in [-0.1, -0.05) is 0 Å². The van der Waals surface area contributed by atoms with E-state index in [-0.39, 0.29) is 5.91 Å². The molecular formula is C10H14N2O2S. The summed E-state index contributed by atoms with van der Waals surface area (Å²) in [6, 6.07) is 3.98. The number of anilines is 2. The topological polar surface area (TPSA) is 41.6 Å². The van der Waals surface area contributed by atoms with E-state index < -0.39 is 0 Å². The van der Waals surface area contributed by atoms with Crippen molar-refractivity contribution in [2.75, 3.05) is 36.5 Å². The standard InChI is InChI=1S/C10H14N2O2S/c1-8(13)11-9-2-3-10(15-9)12-4-6-14-7-5-12/h2-3H,4-7H2,1H3,(H,11,13). The Kier molecular flexibility index (Phi) is 3.23. The molecule has 0 saturated carbocycles. The highest BCUT2D eigenvalue weighted by atomic mass is 32.1. The lowest BCUT2D eigenvalue weighted by molar-refractivity contribution is -0.114. The van der Waals surface area contributed by atoms with Crippen molar-refractivity contribution >= 4 is 27.2 Å². The Morgan fingerprint density at radius 2 is 2.20 bits per heavy atom. The van der Waals surface area contributed by atoms with E-state index in [0.717, 1.165) is 31.3 Å². The second-order valence-corrected chi connectivity index (χ2v) is 4.48. The number of hydrogen-bond acceptors (Lipinski definition) is 4. The molecule has 1 aliphatic rings. The fraction of sp³-hybridized carbons (Fsp3) is 0.500. The molecule has 0 radical (unpaired) electrons. The molecule has 0 bridgehead atoms. The molecule has 1 aliphatic heterocycles. The number of hydrogen-bond donors (Lipinski definition) is 1. The molecule has 1 N–H and O–H groups in total. The molecule has 1 aromatic heterocycles. The molecule has 0 unspecified atom stereocenters. The summed E-state index contributed by atoms with van der Waals surface area (Å²) in [7, 11) is 0. The van der Waals surface area contributed by atoms with E-state index >= 15 is 0 Å². The van der Waals surface area contributed by atoms with Crippen LogP contribution in [0.2, 0.25) is 0 Å². The number of ether oxygens (including phenoxy) is 1. The van der Waals surface area contributed by atoms with Crippen LogP contribution < -0.4 is 10.2 Å². The van der Waals surface area contributed by atoms with Crippen molar-refractivity contribution in [1.29, 1.82) is 0 Å². The SMILES string of the molecule is CC(=O)Nc1ccc(N2CCOCC2)s1. The monoisotopic (exact) mass is 226 g/mol. The van der Waals surface area contributed by atoms with E-state index in [9.17, 15) is 4.79 Å². The van der Waals surface area contributed by atoms with Gasteiger partial charge < -0.3 is 15.0 Å². The van der Waals surface area contributed by atoms with Crippen LogP contribution in [0.25, 0.3) is 0 Å². The highest BCUT2D eigenvalue weighted by Gasteiger charge is 2.13. The summed E-state index contributed by atoms with van der Waals surface area (Å²) in [4.78, 5) is 13.1. The van der Waals surface area contributed by atoms with Gasteiger partial charge in [-0.3, -0.25) is 4.79 Å². The molecular weight excluding hydrogens is 212 g/mol. The molecule has 2 heterocycles. The van der Waals surface area contributed by atoms with Gasteiger partial charge in [-0.05, 0) is 12.1 Å². The van der Waals surface area contributed by atoms with Crippen LogP contribution in [0, 0.1) is 0 Å². The lowest BCUT2D eigenvalue weighted by Gasteiger charge is -2.27. The normalized spacial score (nSPS) is 16.5. The van der Waals surface area contributed by atoms with Crippen molar-refractivity contribution < 1.29 is 9.53 Å². The van der Waals surface area contributed by atoms with Crippen LogP contribution in [-0.2, 0) is 9.53 Å². The van der Waals surface area contributed by atoms with Gasteiger partial charge in [0.25, 0.3) is 0 Å². The van der Waals surface area contributed by atoms with Crippen molar-refractivity contribution in [3.8, 4) is 0 Å². The molecule has 1 saturated heterocycles. The number of morpholine rings is 1. The summed E-state index contributed by atoms with van der Waals surface area (Å²) < 4.78 is 5.29. The second kappa shape index (κ2) is 4.63. The average molecular weight is 226 g/mol. The molecule has 0 aliphatic carbocycles. The molecule has 0 atom stereocenters. The van der Waals surface area contributed by atoms with E-state index in [1.54, 1.807) is 11.3 Å². The van der Waals surface area contributed by atoms with Crippen molar-refractivity contribution in [3.05, 3.63) is 12.1 Å². The van der Waals surface area contributed by atoms with Crippen molar-refractivity contribution in [3.63, 3.8) is 0 Å². The molecule has 5 heteroatoms. The second-order valence-electron chi connectivity index (χ2n) is 3.42. The molecule has 2 rings (SSSR count). The largest absolute Gasteiger partial charge is 0.378 e. The van der Waals surface area contributed by atoms with Gasteiger partial charge in [0.1, 0.15) is 0 Å². The van der Waals surface area contributed by atoms with Crippen molar-refractivity contribution in [2.45, 2.75) is 6.92 Å². The smallest absolute Gasteiger partial charge is 0.221 e. The summed E-state index contributed by atoms with van der Waals surface area (Å²) in [5.41, 5.74) is 0. The zero-order valence-electron chi connectivity index (χ0n) is 8.66. The quantitative estimate of drug-likeness (QED) is 0.831. The Hall–Kier alpha value is -1.07. The third kappa shape index (κ3) is 2.70. The molecule has 1 fully saturated rings. The summed E-state index contributed by atoms with van der Waals surface area (Å²) in [5, 5.41) is 4.89. The average Bonchev–Trinajstić information content (AvgIpc) is 2.67. The summed E-state index contributed by atoms with van der Waals surface area (Å²) >= 11 is 1.61. The Bertz CT molecular complexity index is 345. The van der Waals surface area contributed by atoms with Gasteiger partial charge >= 0.3 is 0 Å².